The Morgan fingerprint density at radius 3 is 1.55 bits per heavy atom. The number of fused-ring (bicyclic) bond motifs is 4. The highest BCUT2D eigenvalue weighted by molar-refractivity contribution is 6.09. The summed E-state index contributed by atoms with van der Waals surface area (Å²) in [6.45, 7) is 0. The molecule has 0 amide bonds. The molecule has 11 aromatic rings. The van der Waals surface area contributed by atoms with E-state index in [1.54, 1.807) is 0 Å². The van der Waals surface area contributed by atoms with Crippen LogP contribution in [0.25, 0.3) is 88.3 Å². The molecule has 0 N–H and O–H groups in total. The zero-order chi connectivity index (χ0) is 39.8. The van der Waals surface area contributed by atoms with Gasteiger partial charge in [-0.05, 0) is 104 Å². The Bertz CT molecular complexity index is 3300. The Kier molecular flexibility index (Phi) is 8.87. The lowest BCUT2D eigenvalue weighted by molar-refractivity contribution is 0.670. The number of hydrogen-bond donors (Lipinski definition) is 0. The third-order valence-corrected chi connectivity index (χ3v) is 11.7. The highest BCUT2D eigenvalue weighted by Gasteiger charge is 2.19. The Hall–Kier alpha value is -7.94. The minimum Gasteiger partial charge on any atom is -0.455 e. The fourth-order valence-corrected chi connectivity index (χ4v) is 8.75. The molecule has 282 valence electrons. The van der Waals surface area contributed by atoms with Gasteiger partial charge in [0, 0.05) is 33.3 Å². The molecule has 11 rings (SSSR count). The minimum atomic E-state index is 0.902. The lowest BCUT2D eigenvalue weighted by Gasteiger charge is -2.28. The average molecular weight is 766 g/mol. The van der Waals surface area contributed by atoms with Crippen molar-refractivity contribution >= 4 is 49.8 Å². The topological polar surface area (TPSA) is 16.4 Å². The Morgan fingerprint density at radius 2 is 0.767 bits per heavy atom. The highest BCUT2D eigenvalue weighted by Crippen LogP contribution is 2.44. The van der Waals surface area contributed by atoms with Crippen molar-refractivity contribution in [3.63, 3.8) is 0 Å². The van der Waals surface area contributed by atoms with E-state index in [0.29, 0.717) is 0 Å². The van der Waals surface area contributed by atoms with Crippen LogP contribution in [0.5, 0.6) is 0 Å². The fourth-order valence-electron chi connectivity index (χ4n) is 8.75. The maximum Gasteiger partial charge on any atom is 0.143 e. The van der Waals surface area contributed by atoms with E-state index in [1.807, 2.05) is 12.1 Å². The van der Waals surface area contributed by atoms with Gasteiger partial charge in [-0.15, -0.1) is 0 Å². The molecule has 0 fully saturated rings. The van der Waals surface area contributed by atoms with Crippen LogP contribution in [0.2, 0.25) is 0 Å². The number of benzene rings is 10. The summed E-state index contributed by atoms with van der Waals surface area (Å²) in [6.07, 6.45) is 0. The van der Waals surface area contributed by atoms with Gasteiger partial charge in [-0.2, -0.15) is 0 Å². The number of para-hydroxylation sites is 3. The van der Waals surface area contributed by atoms with Crippen LogP contribution in [0.3, 0.4) is 0 Å². The minimum absolute atomic E-state index is 0.902. The quantitative estimate of drug-likeness (QED) is 0.153. The molecule has 0 radical (unpaired) electrons. The molecule has 2 heteroatoms. The van der Waals surface area contributed by atoms with E-state index >= 15 is 0 Å². The molecule has 0 atom stereocenters. The third kappa shape index (κ3) is 6.41. The molecule has 0 unspecified atom stereocenters. The van der Waals surface area contributed by atoms with Crippen molar-refractivity contribution in [3.8, 4) is 55.6 Å². The summed E-state index contributed by atoms with van der Waals surface area (Å²) in [5, 5.41) is 4.75. The number of anilines is 3. The van der Waals surface area contributed by atoms with Gasteiger partial charge >= 0.3 is 0 Å². The first-order valence-corrected chi connectivity index (χ1v) is 20.5. The number of rotatable bonds is 8. The summed E-state index contributed by atoms with van der Waals surface area (Å²) in [4.78, 5) is 2.38. The van der Waals surface area contributed by atoms with Gasteiger partial charge < -0.3 is 9.32 Å². The van der Waals surface area contributed by atoms with Crippen LogP contribution >= 0.6 is 0 Å². The van der Waals surface area contributed by atoms with Crippen molar-refractivity contribution in [2.24, 2.45) is 0 Å². The molecule has 0 saturated carbocycles. The molecule has 0 saturated heterocycles. The summed E-state index contributed by atoms with van der Waals surface area (Å²) in [5.41, 5.74) is 16.7. The third-order valence-electron chi connectivity index (χ3n) is 11.7. The van der Waals surface area contributed by atoms with Crippen molar-refractivity contribution in [3.05, 3.63) is 237 Å². The second-order valence-corrected chi connectivity index (χ2v) is 15.3. The van der Waals surface area contributed by atoms with E-state index in [4.69, 9.17) is 4.42 Å². The molecule has 0 aliphatic carbocycles. The fraction of sp³-hybridized carbons (Fsp3) is 0. The van der Waals surface area contributed by atoms with Crippen molar-refractivity contribution in [2.45, 2.75) is 0 Å². The Morgan fingerprint density at radius 1 is 0.283 bits per heavy atom. The van der Waals surface area contributed by atoms with Gasteiger partial charge in [0.05, 0.1) is 5.69 Å². The predicted molar refractivity (Wildman–Crippen MR) is 253 cm³/mol. The van der Waals surface area contributed by atoms with Crippen LogP contribution < -0.4 is 4.90 Å². The van der Waals surface area contributed by atoms with Crippen molar-refractivity contribution in [2.75, 3.05) is 4.90 Å². The van der Waals surface area contributed by atoms with Gasteiger partial charge in [0.25, 0.3) is 0 Å². The summed E-state index contributed by atoms with van der Waals surface area (Å²) in [7, 11) is 0. The maximum atomic E-state index is 6.45. The smallest absolute Gasteiger partial charge is 0.143 e. The lowest BCUT2D eigenvalue weighted by atomic mass is 9.94. The molecule has 1 aromatic heterocycles. The van der Waals surface area contributed by atoms with Crippen LogP contribution in [-0.4, -0.2) is 0 Å². The summed E-state index contributed by atoms with van der Waals surface area (Å²) >= 11 is 0. The maximum absolute atomic E-state index is 6.45. The van der Waals surface area contributed by atoms with Gasteiger partial charge in [-0.1, -0.05) is 188 Å². The van der Waals surface area contributed by atoms with E-state index in [1.165, 1.54) is 44.2 Å². The van der Waals surface area contributed by atoms with Crippen LogP contribution in [0.1, 0.15) is 0 Å². The number of furan rings is 1. The average Bonchev–Trinajstić information content (AvgIpc) is 3.72. The number of nitrogens with zero attached hydrogens (tertiary/aromatic N) is 1. The van der Waals surface area contributed by atoms with Gasteiger partial charge in [0.1, 0.15) is 11.2 Å². The Balaban J connectivity index is 1.03. The monoisotopic (exact) mass is 765 g/mol. The largest absolute Gasteiger partial charge is 0.455 e. The molecule has 0 aliphatic heterocycles. The van der Waals surface area contributed by atoms with E-state index in [0.717, 1.165) is 61.3 Å². The molecule has 0 spiro atoms. The zero-order valence-electron chi connectivity index (χ0n) is 32.9. The molecular formula is C58H39NO. The second-order valence-electron chi connectivity index (χ2n) is 15.3. The van der Waals surface area contributed by atoms with Gasteiger partial charge in [-0.25, -0.2) is 0 Å². The predicted octanol–water partition coefficient (Wildman–Crippen LogP) is 16.5. The van der Waals surface area contributed by atoms with Crippen LogP contribution in [-0.2, 0) is 0 Å². The normalized spacial score (nSPS) is 11.3. The first-order valence-electron chi connectivity index (χ1n) is 20.5. The second kappa shape index (κ2) is 15.1. The molecule has 2 nitrogen and oxygen atoms in total. The highest BCUT2D eigenvalue weighted by atomic mass is 16.3. The van der Waals surface area contributed by atoms with Crippen molar-refractivity contribution in [1.29, 1.82) is 0 Å². The SMILES string of the molecule is c1ccc(-c2cccc(-c3ccc(N(c4ccc(-c5cccc6c5oc5ccccc56)cc4)c4ccccc4-c4cccc(-c5cccc6ccccc56)c4)cc3)c2)cc1. The lowest BCUT2D eigenvalue weighted by Crippen LogP contribution is -2.11. The molecule has 0 bridgehead atoms. The molecule has 60 heavy (non-hydrogen) atoms. The molecule has 1 heterocycles. The van der Waals surface area contributed by atoms with Gasteiger partial charge in [0.15, 0.2) is 0 Å². The molecule has 0 aliphatic rings. The van der Waals surface area contributed by atoms with Crippen LogP contribution in [0.15, 0.2) is 241 Å². The Labute approximate surface area is 349 Å². The number of hydrogen-bond acceptors (Lipinski definition) is 2. The molecular weight excluding hydrogens is 727 g/mol. The van der Waals surface area contributed by atoms with E-state index in [-0.39, 0.29) is 0 Å². The molecule has 10 aromatic carbocycles. The standard InChI is InChI=1S/C58H39NO/c1-2-14-40(15-3-1)44-18-10-19-45(38-44)41-30-34-48(35-31-41)59(49-36-32-43(33-37-49)53-26-13-27-55-54-24-7-9-29-57(54)60-58(53)55)56-28-8-6-23-52(56)47-21-11-20-46(39-47)51-25-12-17-42-16-4-5-22-50(42)51/h1-39H. The van der Waals surface area contributed by atoms with Gasteiger partial charge in [-0.3, -0.25) is 0 Å². The summed E-state index contributed by atoms with van der Waals surface area (Å²) in [5.74, 6) is 0. The first-order chi connectivity index (χ1) is 29.7. The van der Waals surface area contributed by atoms with Gasteiger partial charge in [0.2, 0.25) is 0 Å². The van der Waals surface area contributed by atoms with E-state index < -0.39 is 0 Å². The first kappa shape index (κ1) is 35.2. The van der Waals surface area contributed by atoms with Crippen molar-refractivity contribution < 1.29 is 4.42 Å². The van der Waals surface area contributed by atoms with E-state index in [2.05, 4.69) is 229 Å². The van der Waals surface area contributed by atoms with Crippen molar-refractivity contribution in [1.82, 2.24) is 0 Å². The van der Waals surface area contributed by atoms with Crippen LogP contribution in [0, 0.1) is 0 Å². The zero-order valence-corrected chi connectivity index (χ0v) is 32.9. The summed E-state index contributed by atoms with van der Waals surface area (Å²) in [6, 6.07) is 84.9. The summed E-state index contributed by atoms with van der Waals surface area (Å²) < 4.78 is 6.45. The van der Waals surface area contributed by atoms with E-state index in [9.17, 15) is 0 Å². The van der Waals surface area contributed by atoms with Crippen LogP contribution in [0.4, 0.5) is 17.1 Å².